The summed E-state index contributed by atoms with van der Waals surface area (Å²) in [5, 5.41) is 0. The first-order valence-electron chi connectivity index (χ1n) is 5.52. The molecule has 2 aromatic carbocycles. The van der Waals surface area contributed by atoms with Gasteiger partial charge in [-0.25, -0.2) is 8.78 Å². The fraction of sp³-hybridized carbons (Fsp3) is 0.0714. The lowest BCUT2D eigenvalue weighted by molar-refractivity contribution is -0.137. The number of alkyl halides is 3. The highest BCUT2D eigenvalue weighted by atomic mass is 19.4. The zero-order valence-electron chi connectivity index (χ0n) is 9.96. The molecule has 0 aliphatic heterocycles. The lowest BCUT2D eigenvalue weighted by Crippen LogP contribution is -2.05. The fourth-order valence-corrected chi connectivity index (χ4v) is 1.54. The van der Waals surface area contributed by atoms with Crippen molar-refractivity contribution in [3.05, 3.63) is 65.2 Å². The summed E-state index contributed by atoms with van der Waals surface area (Å²) in [5.74, 6) is -1.45. The van der Waals surface area contributed by atoms with Crippen molar-refractivity contribution in [1.82, 2.24) is 0 Å². The summed E-state index contributed by atoms with van der Waals surface area (Å²) in [6, 6.07) is 7.29. The molecule has 0 atom stereocenters. The molecular formula is C14H8F5N. The molecule has 0 saturated heterocycles. The Morgan fingerprint density at radius 1 is 0.850 bits per heavy atom. The van der Waals surface area contributed by atoms with Gasteiger partial charge in [0.25, 0.3) is 0 Å². The summed E-state index contributed by atoms with van der Waals surface area (Å²) in [7, 11) is 0. The van der Waals surface area contributed by atoms with Crippen molar-refractivity contribution in [3.63, 3.8) is 0 Å². The highest BCUT2D eigenvalue weighted by Gasteiger charge is 2.33. The van der Waals surface area contributed by atoms with E-state index in [0.29, 0.717) is 11.6 Å². The van der Waals surface area contributed by atoms with Crippen LogP contribution in [0, 0.1) is 11.6 Å². The minimum atomic E-state index is -4.70. The van der Waals surface area contributed by atoms with Crippen LogP contribution in [0.3, 0.4) is 0 Å². The van der Waals surface area contributed by atoms with Gasteiger partial charge in [-0.1, -0.05) is 12.1 Å². The van der Waals surface area contributed by atoms with E-state index >= 15 is 0 Å². The predicted molar refractivity (Wildman–Crippen MR) is 65.1 cm³/mol. The summed E-state index contributed by atoms with van der Waals surface area (Å²) in [5.41, 5.74) is -1.12. The van der Waals surface area contributed by atoms with E-state index in [0.717, 1.165) is 30.5 Å². The molecule has 0 fully saturated rings. The van der Waals surface area contributed by atoms with Gasteiger partial charge in [-0.2, -0.15) is 13.2 Å². The van der Waals surface area contributed by atoms with Crippen LogP contribution < -0.4 is 0 Å². The SMILES string of the molecule is Fc1ccc(/C=N/c2ccc(F)cc2C(F)(F)F)cc1. The molecular weight excluding hydrogens is 277 g/mol. The van der Waals surface area contributed by atoms with E-state index in [9.17, 15) is 22.0 Å². The standard InChI is InChI=1S/C14H8F5N/c15-10-3-1-9(2-4-10)8-20-13-6-5-11(16)7-12(13)14(17,18)19/h1-8H/b20-8+. The maximum atomic E-state index is 12.9. The van der Waals surface area contributed by atoms with Gasteiger partial charge in [-0.15, -0.1) is 0 Å². The van der Waals surface area contributed by atoms with Gasteiger partial charge in [0.15, 0.2) is 0 Å². The molecule has 0 saturated carbocycles. The first kappa shape index (κ1) is 14.2. The van der Waals surface area contributed by atoms with Crippen LogP contribution in [0.5, 0.6) is 0 Å². The molecule has 1 nitrogen and oxygen atoms in total. The van der Waals surface area contributed by atoms with Gasteiger partial charge in [0.1, 0.15) is 11.6 Å². The van der Waals surface area contributed by atoms with Crippen molar-refractivity contribution in [2.24, 2.45) is 4.99 Å². The van der Waals surface area contributed by atoms with Crippen LogP contribution in [-0.2, 0) is 6.18 Å². The van der Waals surface area contributed by atoms with Gasteiger partial charge in [0.05, 0.1) is 11.3 Å². The molecule has 0 heterocycles. The van der Waals surface area contributed by atoms with Crippen molar-refractivity contribution in [2.75, 3.05) is 0 Å². The smallest absolute Gasteiger partial charge is 0.256 e. The van der Waals surface area contributed by atoms with Crippen molar-refractivity contribution in [1.29, 1.82) is 0 Å². The molecule has 6 heteroatoms. The van der Waals surface area contributed by atoms with Crippen LogP contribution in [0.15, 0.2) is 47.5 Å². The van der Waals surface area contributed by atoms with E-state index in [4.69, 9.17) is 0 Å². The Morgan fingerprint density at radius 2 is 1.45 bits per heavy atom. The third-order valence-corrected chi connectivity index (χ3v) is 2.49. The summed E-state index contributed by atoms with van der Waals surface area (Å²) in [6.45, 7) is 0. The van der Waals surface area contributed by atoms with Gasteiger partial charge < -0.3 is 0 Å². The molecule has 2 rings (SSSR count). The minimum absolute atomic E-state index is 0.386. The second kappa shape index (κ2) is 5.40. The molecule has 0 aliphatic rings. The van der Waals surface area contributed by atoms with Crippen LogP contribution in [0.2, 0.25) is 0 Å². The molecule has 0 aliphatic carbocycles. The number of rotatable bonds is 2. The monoisotopic (exact) mass is 285 g/mol. The maximum absolute atomic E-state index is 12.9. The van der Waals surface area contributed by atoms with Crippen LogP contribution in [0.25, 0.3) is 0 Å². The van der Waals surface area contributed by atoms with E-state index in [1.54, 1.807) is 0 Å². The van der Waals surface area contributed by atoms with E-state index in [1.807, 2.05) is 0 Å². The van der Waals surface area contributed by atoms with Crippen LogP contribution in [0.1, 0.15) is 11.1 Å². The molecule has 0 aromatic heterocycles. The largest absolute Gasteiger partial charge is 0.418 e. The highest BCUT2D eigenvalue weighted by molar-refractivity contribution is 5.82. The van der Waals surface area contributed by atoms with Crippen LogP contribution in [0.4, 0.5) is 27.6 Å². The third kappa shape index (κ3) is 3.40. The Hall–Kier alpha value is -2.24. The van der Waals surface area contributed by atoms with E-state index < -0.39 is 29.1 Å². The maximum Gasteiger partial charge on any atom is 0.418 e. The molecule has 0 amide bonds. The third-order valence-electron chi connectivity index (χ3n) is 2.49. The molecule has 0 spiro atoms. The molecule has 20 heavy (non-hydrogen) atoms. The Kier molecular flexibility index (Phi) is 3.83. The number of nitrogens with zero attached hydrogens (tertiary/aromatic N) is 1. The highest BCUT2D eigenvalue weighted by Crippen LogP contribution is 2.36. The summed E-state index contributed by atoms with van der Waals surface area (Å²) >= 11 is 0. The summed E-state index contributed by atoms with van der Waals surface area (Å²) in [4.78, 5) is 3.68. The number of hydrogen-bond acceptors (Lipinski definition) is 1. The summed E-state index contributed by atoms with van der Waals surface area (Å²) < 4.78 is 63.7. The van der Waals surface area contributed by atoms with E-state index in [1.165, 1.54) is 12.1 Å². The van der Waals surface area contributed by atoms with Gasteiger partial charge >= 0.3 is 6.18 Å². The number of hydrogen-bond donors (Lipinski definition) is 0. The van der Waals surface area contributed by atoms with E-state index in [2.05, 4.69) is 4.99 Å². The van der Waals surface area contributed by atoms with Gasteiger partial charge in [0.2, 0.25) is 0 Å². The topological polar surface area (TPSA) is 12.4 Å². The zero-order chi connectivity index (χ0) is 14.8. The number of aliphatic imine (C=N–C) groups is 1. The average molecular weight is 285 g/mol. The number of benzene rings is 2. The molecule has 2 aromatic rings. The van der Waals surface area contributed by atoms with Crippen molar-refractivity contribution < 1.29 is 22.0 Å². The van der Waals surface area contributed by atoms with Crippen LogP contribution in [-0.4, -0.2) is 6.21 Å². The average Bonchev–Trinajstić information content (AvgIpc) is 2.38. The Morgan fingerprint density at radius 3 is 2.05 bits per heavy atom. The minimum Gasteiger partial charge on any atom is -0.256 e. The zero-order valence-corrected chi connectivity index (χ0v) is 9.96. The van der Waals surface area contributed by atoms with Crippen LogP contribution >= 0.6 is 0 Å². The predicted octanol–water partition coefficient (Wildman–Crippen LogP) is 4.73. The second-order valence-electron chi connectivity index (χ2n) is 3.97. The number of halogens is 5. The molecule has 0 N–H and O–H groups in total. The Balaban J connectivity index is 2.36. The first-order chi connectivity index (χ1) is 9.36. The van der Waals surface area contributed by atoms with Gasteiger partial charge in [-0.3, -0.25) is 4.99 Å². The first-order valence-corrected chi connectivity index (χ1v) is 5.52. The van der Waals surface area contributed by atoms with Crippen molar-refractivity contribution in [3.8, 4) is 0 Å². The van der Waals surface area contributed by atoms with Crippen molar-refractivity contribution >= 4 is 11.9 Å². The molecule has 0 unspecified atom stereocenters. The Labute approximate surface area is 111 Å². The lowest BCUT2D eigenvalue weighted by Gasteiger charge is -2.09. The molecule has 0 bridgehead atoms. The molecule has 0 radical (unpaired) electrons. The molecule has 104 valence electrons. The Bertz CT molecular complexity index is 629. The lowest BCUT2D eigenvalue weighted by atomic mass is 10.1. The fourth-order valence-electron chi connectivity index (χ4n) is 1.54. The normalized spacial score (nSPS) is 12.1. The van der Waals surface area contributed by atoms with E-state index in [-0.39, 0.29) is 0 Å². The van der Waals surface area contributed by atoms with Gasteiger partial charge in [0, 0.05) is 6.21 Å². The van der Waals surface area contributed by atoms with Gasteiger partial charge in [-0.05, 0) is 35.9 Å². The second-order valence-corrected chi connectivity index (χ2v) is 3.97. The quantitative estimate of drug-likeness (QED) is 0.558. The summed E-state index contributed by atoms with van der Waals surface area (Å²) in [6.07, 6.45) is -3.54. The van der Waals surface area contributed by atoms with Crippen molar-refractivity contribution in [2.45, 2.75) is 6.18 Å².